The highest BCUT2D eigenvalue weighted by Gasteiger charge is 2.14. The number of Topliss-reactive ketones (excluding diaryl/α,β-unsaturated/α-hetero) is 1. The van der Waals surface area contributed by atoms with E-state index in [-0.39, 0.29) is 11.7 Å². The van der Waals surface area contributed by atoms with Gasteiger partial charge in [0.2, 0.25) is 0 Å². The zero-order chi connectivity index (χ0) is 24.4. The first-order chi connectivity index (χ1) is 15.8. The van der Waals surface area contributed by atoms with Gasteiger partial charge in [-0.05, 0) is 72.7 Å². The molecule has 1 N–H and O–H groups in total. The van der Waals surface area contributed by atoms with Crippen LogP contribution in [0.2, 0.25) is 5.02 Å². The Morgan fingerprint density at radius 3 is 2.42 bits per heavy atom. The van der Waals surface area contributed by atoms with Gasteiger partial charge in [-0.1, -0.05) is 44.5 Å². The van der Waals surface area contributed by atoms with Crippen molar-refractivity contribution in [3.63, 3.8) is 0 Å². The standard InChI is InChI=1S/C28H37ClN2O2/c1-6-9-21(10-8-11-27(32)22-13-15-23(29)16-14-22)18-31(5)19-26-20(3)12-17-25(24(26)7-2)28(33)30-4/h12-17,19,21H,3,6-11,18H2,1-2,4-5H3,(H,30,33)/b26-19+. The van der Waals surface area contributed by atoms with Gasteiger partial charge in [-0.3, -0.25) is 9.59 Å². The summed E-state index contributed by atoms with van der Waals surface area (Å²) in [4.78, 5) is 27.0. The second kappa shape index (κ2) is 13.2. The Bertz CT molecular complexity index is 1050. The number of benzene rings is 2. The van der Waals surface area contributed by atoms with Crippen molar-refractivity contribution < 1.29 is 9.59 Å². The van der Waals surface area contributed by atoms with E-state index in [1.165, 1.54) is 0 Å². The van der Waals surface area contributed by atoms with Gasteiger partial charge in [-0.25, -0.2) is 0 Å². The number of halogens is 1. The highest BCUT2D eigenvalue weighted by atomic mass is 35.5. The molecule has 0 heterocycles. The molecule has 0 saturated heterocycles. The zero-order valence-electron chi connectivity index (χ0n) is 20.4. The summed E-state index contributed by atoms with van der Waals surface area (Å²) in [6, 6.07) is 10.9. The van der Waals surface area contributed by atoms with Crippen molar-refractivity contribution in [3.8, 4) is 0 Å². The minimum Gasteiger partial charge on any atom is -0.380 e. The van der Waals surface area contributed by atoms with Gasteiger partial charge in [-0.15, -0.1) is 0 Å². The summed E-state index contributed by atoms with van der Waals surface area (Å²) in [6.45, 7) is 9.36. The van der Waals surface area contributed by atoms with Crippen molar-refractivity contribution in [1.29, 1.82) is 0 Å². The van der Waals surface area contributed by atoms with E-state index in [0.717, 1.165) is 60.2 Å². The van der Waals surface area contributed by atoms with Crippen LogP contribution in [0.25, 0.3) is 12.8 Å². The molecule has 1 atom stereocenters. The maximum Gasteiger partial charge on any atom is 0.251 e. The highest BCUT2D eigenvalue weighted by Crippen LogP contribution is 2.18. The third-order valence-corrected chi connectivity index (χ3v) is 6.30. The number of nitrogens with zero attached hydrogens (tertiary/aromatic N) is 1. The molecule has 0 spiro atoms. The molecule has 1 amide bonds. The van der Waals surface area contributed by atoms with Gasteiger partial charge in [0.05, 0.1) is 0 Å². The second-order valence-corrected chi connectivity index (χ2v) is 9.08. The van der Waals surface area contributed by atoms with E-state index in [0.29, 0.717) is 22.9 Å². The molecule has 0 aliphatic rings. The summed E-state index contributed by atoms with van der Waals surface area (Å²) in [5.74, 6) is 0.593. The van der Waals surface area contributed by atoms with E-state index in [1.807, 2.05) is 12.1 Å². The average Bonchev–Trinajstić information content (AvgIpc) is 2.80. The Hall–Kier alpha value is -2.59. The first-order valence-electron chi connectivity index (χ1n) is 11.8. The molecule has 0 aromatic heterocycles. The summed E-state index contributed by atoms with van der Waals surface area (Å²) in [6.07, 6.45) is 7.52. The lowest BCUT2D eigenvalue weighted by Gasteiger charge is -2.23. The molecule has 2 aromatic rings. The number of carbonyl (C=O) groups excluding carboxylic acids is 2. The number of hydrogen-bond donors (Lipinski definition) is 1. The maximum atomic E-state index is 12.5. The van der Waals surface area contributed by atoms with Crippen molar-refractivity contribution in [2.24, 2.45) is 5.92 Å². The fraction of sp³-hybridized carbons (Fsp3) is 0.429. The molecule has 0 aliphatic carbocycles. The smallest absolute Gasteiger partial charge is 0.251 e. The SMILES string of the molecule is C=c1ccc(C(=O)NC)c(CC)/c1=C/N(C)CC(CCC)CCCC(=O)c1ccc(Cl)cc1. The van der Waals surface area contributed by atoms with E-state index in [1.54, 1.807) is 31.3 Å². The van der Waals surface area contributed by atoms with Gasteiger partial charge in [0, 0.05) is 54.6 Å². The van der Waals surface area contributed by atoms with Crippen LogP contribution < -0.4 is 15.8 Å². The first-order valence-corrected chi connectivity index (χ1v) is 12.2. The number of rotatable bonds is 12. The predicted octanol–water partition coefficient (Wildman–Crippen LogP) is 4.81. The fourth-order valence-electron chi connectivity index (χ4n) is 4.35. The van der Waals surface area contributed by atoms with Crippen LogP contribution in [0.4, 0.5) is 0 Å². The molecule has 4 nitrogen and oxygen atoms in total. The molecule has 178 valence electrons. The molecule has 33 heavy (non-hydrogen) atoms. The molecular weight excluding hydrogens is 432 g/mol. The third kappa shape index (κ3) is 7.75. The Labute approximate surface area is 203 Å². The molecule has 0 radical (unpaired) electrons. The van der Waals surface area contributed by atoms with Crippen LogP contribution in [0.15, 0.2) is 36.4 Å². The van der Waals surface area contributed by atoms with Crippen LogP contribution >= 0.6 is 11.6 Å². The molecule has 2 aromatic carbocycles. The van der Waals surface area contributed by atoms with Crippen molar-refractivity contribution in [2.75, 3.05) is 20.6 Å². The first kappa shape index (κ1) is 26.7. The minimum absolute atomic E-state index is 0.0710. The lowest BCUT2D eigenvalue weighted by molar-refractivity contribution is 0.0958. The van der Waals surface area contributed by atoms with Crippen molar-refractivity contribution in [3.05, 3.63) is 68.5 Å². The lowest BCUT2D eigenvalue weighted by Crippen LogP contribution is -2.35. The second-order valence-electron chi connectivity index (χ2n) is 8.64. The number of nitrogens with one attached hydrogen (secondary N) is 1. The molecular formula is C28H37ClN2O2. The Kier molecular flexibility index (Phi) is 10.7. The minimum atomic E-state index is -0.0710. The Morgan fingerprint density at radius 2 is 1.82 bits per heavy atom. The van der Waals surface area contributed by atoms with Gasteiger partial charge in [-0.2, -0.15) is 0 Å². The molecule has 1 unspecified atom stereocenters. The molecule has 0 saturated carbocycles. The normalized spacial score (nSPS) is 12.5. The zero-order valence-corrected chi connectivity index (χ0v) is 21.2. The van der Waals surface area contributed by atoms with E-state index in [4.69, 9.17) is 11.6 Å². The van der Waals surface area contributed by atoms with Gasteiger partial charge >= 0.3 is 0 Å². The van der Waals surface area contributed by atoms with Gasteiger partial charge in [0.1, 0.15) is 0 Å². The monoisotopic (exact) mass is 468 g/mol. The van der Waals surface area contributed by atoms with E-state index < -0.39 is 0 Å². The fourth-order valence-corrected chi connectivity index (χ4v) is 4.48. The Balaban J connectivity index is 2.09. The van der Waals surface area contributed by atoms with Crippen LogP contribution in [0, 0.1) is 5.92 Å². The van der Waals surface area contributed by atoms with Crippen molar-refractivity contribution in [2.45, 2.75) is 52.4 Å². The summed E-state index contributed by atoms with van der Waals surface area (Å²) < 4.78 is 0. The van der Waals surface area contributed by atoms with Gasteiger partial charge in [0.25, 0.3) is 5.91 Å². The largest absolute Gasteiger partial charge is 0.380 e. The van der Waals surface area contributed by atoms with E-state index in [9.17, 15) is 9.59 Å². The van der Waals surface area contributed by atoms with Crippen molar-refractivity contribution >= 4 is 36.1 Å². The third-order valence-electron chi connectivity index (χ3n) is 6.05. The topological polar surface area (TPSA) is 49.4 Å². The Morgan fingerprint density at radius 1 is 1.12 bits per heavy atom. The summed E-state index contributed by atoms with van der Waals surface area (Å²) in [7, 11) is 3.73. The summed E-state index contributed by atoms with van der Waals surface area (Å²) in [5.41, 5.74) is 2.45. The van der Waals surface area contributed by atoms with Gasteiger partial charge in [0.15, 0.2) is 5.78 Å². The number of ketones is 1. The van der Waals surface area contributed by atoms with E-state index >= 15 is 0 Å². The van der Waals surface area contributed by atoms with Crippen molar-refractivity contribution in [1.82, 2.24) is 10.2 Å². The van der Waals surface area contributed by atoms with Crippen LogP contribution in [0.3, 0.4) is 0 Å². The molecule has 5 heteroatoms. The van der Waals surface area contributed by atoms with Crippen LogP contribution in [0.5, 0.6) is 0 Å². The molecule has 0 fully saturated rings. The number of hydrogen-bond acceptors (Lipinski definition) is 3. The average molecular weight is 469 g/mol. The number of amides is 1. The van der Waals surface area contributed by atoms with Crippen LogP contribution in [0.1, 0.15) is 72.2 Å². The molecule has 0 aliphatic heterocycles. The quantitative estimate of drug-likeness (QED) is 0.455. The van der Waals surface area contributed by atoms with Crippen LogP contribution in [-0.4, -0.2) is 37.2 Å². The van der Waals surface area contributed by atoms with E-state index in [2.05, 4.69) is 43.9 Å². The predicted molar refractivity (Wildman–Crippen MR) is 139 cm³/mol. The van der Waals surface area contributed by atoms with Crippen LogP contribution in [-0.2, 0) is 6.42 Å². The summed E-state index contributed by atoms with van der Waals surface area (Å²) >= 11 is 5.92. The highest BCUT2D eigenvalue weighted by molar-refractivity contribution is 6.30. The summed E-state index contributed by atoms with van der Waals surface area (Å²) in [5, 5.41) is 5.32. The number of carbonyl (C=O) groups is 2. The molecule has 2 rings (SSSR count). The lowest BCUT2D eigenvalue weighted by atomic mass is 9.94. The van der Waals surface area contributed by atoms with Gasteiger partial charge < -0.3 is 10.2 Å². The maximum absolute atomic E-state index is 12.5. The molecule has 0 bridgehead atoms.